The van der Waals surface area contributed by atoms with Crippen molar-refractivity contribution in [3.63, 3.8) is 0 Å². The average molecular weight is 150 g/mol. The molecule has 0 aliphatic rings. The van der Waals surface area contributed by atoms with Gasteiger partial charge in [-0.2, -0.15) is 0 Å². The Balaban J connectivity index is 2.19. The first-order chi connectivity index (χ1) is 2.41. The maximum absolute atomic E-state index is 1.87. The Morgan fingerprint density at radius 2 is 2.20 bits per heavy atom. The van der Waals surface area contributed by atoms with Crippen LogP contribution in [-0.4, -0.2) is 27.1 Å². The monoisotopic (exact) mass is 150 g/mol. The van der Waals surface area contributed by atoms with Crippen molar-refractivity contribution in [2.45, 2.75) is 17.7 Å². The van der Waals surface area contributed by atoms with E-state index in [0.29, 0.717) is 0 Å². The van der Waals surface area contributed by atoms with Crippen LogP contribution in [0.15, 0.2) is 0 Å². The normalized spacial score (nSPS) is 9.00. The third kappa shape index (κ3) is 4.78. The van der Waals surface area contributed by atoms with Crippen LogP contribution in [-0.2, 0) is 0 Å². The molecule has 0 nitrogen and oxygen atoms in total. The number of rotatable bonds is 2. The fraction of sp³-hybridized carbons (Fsp3) is 1.00. The van der Waals surface area contributed by atoms with Crippen LogP contribution in [0, 0.1) is 0 Å². The van der Waals surface area contributed by atoms with Crippen molar-refractivity contribution in [2.75, 3.05) is 0 Å². The first kappa shape index (κ1) is 5.78. The summed E-state index contributed by atoms with van der Waals surface area (Å²) in [6.07, 6.45) is 1.48. The molecule has 0 heterocycles. The van der Waals surface area contributed by atoms with E-state index in [2.05, 4.69) is 0 Å². The van der Waals surface area contributed by atoms with Gasteiger partial charge in [-0.05, 0) is 0 Å². The number of hydrogen-bond donors (Lipinski definition) is 0. The van der Waals surface area contributed by atoms with E-state index in [-0.39, 0.29) is 0 Å². The molecular weight excluding hydrogens is 139 g/mol. The minimum absolute atomic E-state index is 1.41. The summed E-state index contributed by atoms with van der Waals surface area (Å²) in [6, 6.07) is 1.50. The van der Waals surface area contributed by atoms with E-state index in [1.54, 1.807) is 0 Å². The molecule has 2 heteroatoms. The van der Waals surface area contributed by atoms with Gasteiger partial charge in [0.25, 0.3) is 0 Å². The molecule has 0 saturated heterocycles. The quantitative estimate of drug-likeness (QED) is 0.453. The zero-order valence-corrected chi connectivity index (χ0v) is 8.12. The third-order valence-electron chi connectivity index (χ3n) is 0.558. The molecule has 0 aromatic heterocycles. The van der Waals surface area contributed by atoms with Crippen molar-refractivity contribution in [3.05, 3.63) is 0 Å². The predicted molar refractivity (Wildman–Crippen MR) is 32.7 cm³/mol. The molecule has 0 fully saturated rings. The van der Waals surface area contributed by atoms with Crippen LogP contribution >= 0.6 is 0 Å². The molecule has 0 radical (unpaired) electrons. The Bertz CT molecular complexity index is 14.4. The standard InChI is InChI=1S/C3H11AsSi/c4-2-1-3-5/h1-4H2,5H3. The second-order valence-corrected chi connectivity index (χ2v) is 3.35. The maximum atomic E-state index is 1.87. The molecule has 5 heavy (non-hydrogen) atoms. The summed E-state index contributed by atoms with van der Waals surface area (Å²) in [7, 11) is 1.41. The molecule has 0 rings (SSSR count). The Kier molecular flexibility index (Phi) is 5.52. The van der Waals surface area contributed by atoms with Crippen LogP contribution in [0.4, 0.5) is 0 Å². The van der Waals surface area contributed by atoms with E-state index in [4.69, 9.17) is 0 Å². The molecule has 0 spiro atoms. The second kappa shape index (κ2) is 4.78. The van der Waals surface area contributed by atoms with Gasteiger partial charge in [-0.1, -0.05) is 0 Å². The van der Waals surface area contributed by atoms with Crippen molar-refractivity contribution in [3.8, 4) is 0 Å². The van der Waals surface area contributed by atoms with E-state index in [1.165, 1.54) is 27.9 Å². The second-order valence-electron chi connectivity index (χ2n) is 1.14. The van der Waals surface area contributed by atoms with E-state index < -0.39 is 0 Å². The van der Waals surface area contributed by atoms with Gasteiger partial charge in [-0.3, -0.25) is 0 Å². The van der Waals surface area contributed by atoms with E-state index >= 15 is 0 Å². The van der Waals surface area contributed by atoms with Crippen LogP contribution in [0.2, 0.25) is 11.3 Å². The molecule has 0 aromatic carbocycles. The molecular formula is C3H11AsSi. The van der Waals surface area contributed by atoms with E-state index in [0.717, 1.165) is 0 Å². The zero-order valence-electron chi connectivity index (χ0n) is 3.70. The van der Waals surface area contributed by atoms with Gasteiger partial charge >= 0.3 is 44.8 Å². The Hall–Kier alpha value is 0.775. The fourth-order valence-corrected chi connectivity index (χ4v) is 3.18. The van der Waals surface area contributed by atoms with Gasteiger partial charge in [0, 0.05) is 0 Å². The van der Waals surface area contributed by atoms with Crippen molar-refractivity contribution in [2.24, 2.45) is 0 Å². The Labute approximate surface area is 45.3 Å². The van der Waals surface area contributed by atoms with Crippen molar-refractivity contribution >= 4 is 27.1 Å². The van der Waals surface area contributed by atoms with Crippen molar-refractivity contribution in [1.82, 2.24) is 0 Å². The number of hydrogen-bond acceptors (Lipinski definition) is 0. The molecule has 0 N–H and O–H groups in total. The zero-order chi connectivity index (χ0) is 4.12. The van der Waals surface area contributed by atoms with Crippen LogP contribution in [0.25, 0.3) is 0 Å². The van der Waals surface area contributed by atoms with Crippen LogP contribution in [0.5, 0.6) is 0 Å². The first-order valence-corrected chi connectivity index (χ1v) is 5.24. The van der Waals surface area contributed by atoms with E-state index in [1.807, 2.05) is 16.9 Å². The molecule has 1 unspecified atom stereocenters. The van der Waals surface area contributed by atoms with Crippen LogP contribution < -0.4 is 0 Å². The summed E-state index contributed by atoms with van der Waals surface area (Å²) in [5.74, 6) is 0. The first-order valence-electron chi connectivity index (χ1n) is 2.12. The van der Waals surface area contributed by atoms with Crippen molar-refractivity contribution in [1.29, 1.82) is 0 Å². The van der Waals surface area contributed by atoms with Gasteiger partial charge in [-0.25, -0.2) is 0 Å². The molecule has 0 saturated carbocycles. The van der Waals surface area contributed by atoms with Gasteiger partial charge in [0.1, 0.15) is 0 Å². The summed E-state index contributed by atoms with van der Waals surface area (Å²) in [4.78, 5) is 0. The molecule has 1 atom stereocenters. The van der Waals surface area contributed by atoms with Gasteiger partial charge < -0.3 is 0 Å². The average Bonchev–Trinajstić information content (AvgIpc) is 1.41. The van der Waals surface area contributed by atoms with E-state index in [9.17, 15) is 0 Å². The van der Waals surface area contributed by atoms with Crippen LogP contribution in [0.3, 0.4) is 0 Å². The summed E-state index contributed by atoms with van der Waals surface area (Å²) in [6.45, 7) is 0. The molecule has 0 bridgehead atoms. The van der Waals surface area contributed by atoms with Gasteiger partial charge in [0.05, 0.1) is 0 Å². The third-order valence-corrected chi connectivity index (χ3v) is 2.12. The Morgan fingerprint density at radius 3 is 2.20 bits per heavy atom. The molecule has 0 amide bonds. The molecule has 0 aliphatic carbocycles. The Morgan fingerprint density at radius 1 is 1.60 bits per heavy atom. The van der Waals surface area contributed by atoms with Crippen molar-refractivity contribution < 1.29 is 0 Å². The topological polar surface area (TPSA) is 0 Å². The summed E-state index contributed by atoms with van der Waals surface area (Å²) < 4.78 is 0. The fourth-order valence-electron chi connectivity index (χ4n) is 0.204. The van der Waals surface area contributed by atoms with Crippen LogP contribution in [0.1, 0.15) is 6.42 Å². The van der Waals surface area contributed by atoms with Gasteiger partial charge in [-0.15, -0.1) is 0 Å². The SMILES string of the molecule is [SiH3]CCC[AsH2]. The van der Waals surface area contributed by atoms with Gasteiger partial charge in [0.2, 0.25) is 0 Å². The summed E-state index contributed by atoms with van der Waals surface area (Å²) >= 11 is 1.87. The predicted octanol–water partition coefficient (Wildman–Crippen LogP) is -0.788. The van der Waals surface area contributed by atoms with Gasteiger partial charge in [0.15, 0.2) is 0 Å². The molecule has 0 aromatic rings. The molecule has 32 valence electrons. The summed E-state index contributed by atoms with van der Waals surface area (Å²) in [5.41, 5.74) is 0. The molecule has 0 aliphatic heterocycles. The summed E-state index contributed by atoms with van der Waals surface area (Å²) in [5, 5.41) is 1.44. The minimum atomic E-state index is 1.41.